The van der Waals surface area contributed by atoms with Crippen molar-refractivity contribution in [3.05, 3.63) is 70.1 Å². The SMILES string of the molecule is CCS(=O)(=O)c1ccc(O)c(NC(=O)CCn2cnc3scc(-c4ccc(C)cc4)c3c2=O)c1. The summed E-state index contributed by atoms with van der Waals surface area (Å²) in [6, 6.07) is 11.6. The number of carbonyl (C=O) groups is 1. The van der Waals surface area contributed by atoms with Crippen LogP contribution in [0.15, 0.2) is 63.9 Å². The quantitative estimate of drug-likeness (QED) is 0.373. The summed E-state index contributed by atoms with van der Waals surface area (Å²) >= 11 is 1.39. The number of aryl methyl sites for hydroxylation is 2. The first-order valence-corrected chi connectivity index (χ1v) is 13.1. The molecule has 2 aromatic heterocycles. The molecule has 0 saturated carbocycles. The molecule has 0 aliphatic carbocycles. The highest BCUT2D eigenvalue weighted by Crippen LogP contribution is 2.31. The maximum absolute atomic E-state index is 13.2. The number of rotatable bonds is 7. The zero-order valence-corrected chi connectivity index (χ0v) is 20.2. The monoisotopic (exact) mass is 497 g/mol. The van der Waals surface area contributed by atoms with Crippen molar-refractivity contribution in [1.82, 2.24) is 9.55 Å². The fourth-order valence-electron chi connectivity index (χ4n) is 3.48. The Morgan fingerprint density at radius 2 is 1.91 bits per heavy atom. The van der Waals surface area contributed by atoms with Gasteiger partial charge in [-0.3, -0.25) is 14.2 Å². The molecule has 0 fully saturated rings. The van der Waals surface area contributed by atoms with E-state index in [-0.39, 0.29) is 40.6 Å². The van der Waals surface area contributed by atoms with Gasteiger partial charge in [-0.15, -0.1) is 11.3 Å². The van der Waals surface area contributed by atoms with Crippen LogP contribution in [0.25, 0.3) is 21.3 Å². The minimum atomic E-state index is -3.49. The van der Waals surface area contributed by atoms with Crippen LogP contribution >= 0.6 is 11.3 Å². The Labute approximate surface area is 200 Å². The van der Waals surface area contributed by atoms with Crippen molar-refractivity contribution < 1.29 is 18.3 Å². The Bertz CT molecular complexity index is 1540. The smallest absolute Gasteiger partial charge is 0.262 e. The zero-order valence-electron chi connectivity index (χ0n) is 18.6. The number of aromatic hydroxyl groups is 1. The normalized spacial score (nSPS) is 11.6. The van der Waals surface area contributed by atoms with Crippen LogP contribution in [-0.2, 0) is 21.2 Å². The first-order chi connectivity index (χ1) is 16.2. The molecule has 1 amide bonds. The van der Waals surface area contributed by atoms with Crippen molar-refractivity contribution >= 4 is 43.0 Å². The summed E-state index contributed by atoms with van der Waals surface area (Å²) in [7, 11) is -3.49. The highest BCUT2D eigenvalue weighted by Gasteiger charge is 2.17. The van der Waals surface area contributed by atoms with E-state index < -0.39 is 15.7 Å². The van der Waals surface area contributed by atoms with Crippen LogP contribution in [0.4, 0.5) is 5.69 Å². The standard InChI is InChI=1S/C24H23N3O5S2/c1-3-34(31,32)17-8-9-20(28)19(12-17)26-21(29)10-11-27-14-25-23-22(24(27)30)18(13-33-23)16-6-4-15(2)5-7-16/h4-9,12-14,28H,3,10-11H2,1-2H3,(H,26,29). The molecule has 0 bridgehead atoms. The molecular formula is C24H23N3O5S2. The summed E-state index contributed by atoms with van der Waals surface area (Å²) in [5.74, 6) is -0.821. The summed E-state index contributed by atoms with van der Waals surface area (Å²) in [5.41, 5.74) is 2.60. The van der Waals surface area contributed by atoms with Gasteiger partial charge in [-0.1, -0.05) is 36.8 Å². The molecule has 176 valence electrons. The molecule has 2 heterocycles. The van der Waals surface area contributed by atoms with Crippen molar-refractivity contribution in [3.63, 3.8) is 0 Å². The molecule has 0 radical (unpaired) electrons. The van der Waals surface area contributed by atoms with Gasteiger partial charge in [-0.2, -0.15) is 0 Å². The number of amides is 1. The van der Waals surface area contributed by atoms with Crippen LogP contribution in [0.5, 0.6) is 5.75 Å². The zero-order chi connectivity index (χ0) is 24.5. The molecule has 0 aliphatic heterocycles. The number of benzene rings is 2. The molecule has 34 heavy (non-hydrogen) atoms. The maximum Gasteiger partial charge on any atom is 0.262 e. The predicted octanol–water partition coefficient (Wildman–Crippen LogP) is 3.96. The van der Waals surface area contributed by atoms with Crippen molar-refractivity contribution in [2.75, 3.05) is 11.1 Å². The van der Waals surface area contributed by atoms with E-state index in [1.165, 1.54) is 47.4 Å². The lowest BCUT2D eigenvalue weighted by molar-refractivity contribution is -0.116. The number of phenolic OH excluding ortho intramolecular Hbond substituents is 1. The number of sulfone groups is 1. The first kappa shape index (κ1) is 23.7. The Hall–Kier alpha value is -3.50. The van der Waals surface area contributed by atoms with Crippen LogP contribution in [0.1, 0.15) is 18.9 Å². The van der Waals surface area contributed by atoms with Gasteiger partial charge in [-0.25, -0.2) is 13.4 Å². The molecule has 4 rings (SSSR count). The van der Waals surface area contributed by atoms with Gasteiger partial charge in [0.15, 0.2) is 9.84 Å². The van der Waals surface area contributed by atoms with Crippen molar-refractivity contribution in [2.24, 2.45) is 0 Å². The third-order valence-electron chi connectivity index (χ3n) is 5.48. The average molecular weight is 498 g/mol. The second-order valence-electron chi connectivity index (χ2n) is 7.82. The van der Waals surface area contributed by atoms with Gasteiger partial charge in [-0.05, 0) is 30.7 Å². The van der Waals surface area contributed by atoms with Crippen LogP contribution in [0.2, 0.25) is 0 Å². The molecule has 0 spiro atoms. The summed E-state index contributed by atoms with van der Waals surface area (Å²) < 4.78 is 25.6. The largest absolute Gasteiger partial charge is 0.506 e. The second-order valence-corrected chi connectivity index (χ2v) is 11.0. The van der Waals surface area contributed by atoms with E-state index in [2.05, 4.69) is 10.3 Å². The van der Waals surface area contributed by atoms with Gasteiger partial charge in [0.25, 0.3) is 5.56 Å². The Kier molecular flexibility index (Phi) is 6.54. The minimum Gasteiger partial charge on any atom is -0.506 e. The topological polar surface area (TPSA) is 118 Å². The lowest BCUT2D eigenvalue weighted by atomic mass is 10.1. The summed E-state index contributed by atoms with van der Waals surface area (Å²) in [4.78, 5) is 30.7. The number of nitrogens with one attached hydrogen (secondary N) is 1. The number of nitrogens with zero attached hydrogens (tertiary/aromatic N) is 2. The predicted molar refractivity (Wildman–Crippen MR) is 133 cm³/mol. The van der Waals surface area contributed by atoms with Gasteiger partial charge in [0.1, 0.15) is 10.6 Å². The van der Waals surface area contributed by atoms with E-state index in [9.17, 15) is 23.1 Å². The number of hydrogen-bond acceptors (Lipinski definition) is 7. The number of thiophene rings is 1. The van der Waals surface area contributed by atoms with Gasteiger partial charge < -0.3 is 10.4 Å². The van der Waals surface area contributed by atoms with Crippen molar-refractivity contribution in [3.8, 4) is 16.9 Å². The Morgan fingerprint density at radius 3 is 2.62 bits per heavy atom. The molecule has 8 nitrogen and oxygen atoms in total. The minimum absolute atomic E-state index is 0.0000547. The number of carbonyl (C=O) groups excluding carboxylic acids is 1. The summed E-state index contributed by atoms with van der Waals surface area (Å²) in [6.07, 6.45) is 1.35. The van der Waals surface area contributed by atoms with E-state index >= 15 is 0 Å². The third-order valence-corrected chi connectivity index (χ3v) is 8.10. The van der Waals surface area contributed by atoms with Crippen LogP contribution in [0, 0.1) is 6.92 Å². The molecule has 0 atom stereocenters. The van der Waals surface area contributed by atoms with Gasteiger partial charge in [0, 0.05) is 23.9 Å². The molecule has 10 heteroatoms. The van der Waals surface area contributed by atoms with E-state index in [1.54, 1.807) is 0 Å². The molecular weight excluding hydrogens is 474 g/mol. The van der Waals surface area contributed by atoms with Gasteiger partial charge in [0.2, 0.25) is 5.91 Å². The van der Waals surface area contributed by atoms with Gasteiger partial charge >= 0.3 is 0 Å². The second kappa shape index (κ2) is 9.40. The molecule has 2 aromatic carbocycles. The van der Waals surface area contributed by atoms with Crippen LogP contribution in [-0.4, -0.2) is 34.7 Å². The lowest BCUT2D eigenvalue weighted by Crippen LogP contribution is -2.23. The molecule has 2 N–H and O–H groups in total. The van der Waals surface area contributed by atoms with E-state index in [0.29, 0.717) is 10.2 Å². The summed E-state index contributed by atoms with van der Waals surface area (Å²) in [5, 5.41) is 15.0. The number of anilines is 1. The van der Waals surface area contributed by atoms with E-state index in [4.69, 9.17) is 0 Å². The van der Waals surface area contributed by atoms with Crippen LogP contribution < -0.4 is 10.9 Å². The number of aromatic nitrogens is 2. The maximum atomic E-state index is 13.2. The summed E-state index contributed by atoms with van der Waals surface area (Å²) in [6.45, 7) is 3.58. The molecule has 0 aliphatic rings. The lowest BCUT2D eigenvalue weighted by Gasteiger charge is -2.10. The first-order valence-electron chi connectivity index (χ1n) is 10.6. The van der Waals surface area contributed by atoms with Crippen molar-refractivity contribution in [1.29, 1.82) is 0 Å². The number of hydrogen-bond donors (Lipinski definition) is 2. The fraction of sp³-hybridized carbons (Fsp3) is 0.208. The number of phenols is 1. The average Bonchev–Trinajstić information content (AvgIpc) is 3.25. The highest BCUT2D eigenvalue weighted by molar-refractivity contribution is 7.91. The van der Waals surface area contributed by atoms with E-state index in [1.807, 2.05) is 36.6 Å². The molecule has 0 saturated heterocycles. The van der Waals surface area contributed by atoms with Crippen LogP contribution in [0.3, 0.4) is 0 Å². The Balaban J connectivity index is 1.54. The molecule has 0 unspecified atom stereocenters. The molecule has 4 aromatic rings. The van der Waals surface area contributed by atoms with Gasteiger partial charge in [0.05, 0.1) is 28.0 Å². The van der Waals surface area contributed by atoms with Crippen molar-refractivity contribution in [2.45, 2.75) is 31.7 Å². The Morgan fingerprint density at radius 1 is 1.18 bits per heavy atom. The highest BCUT2D eigenvalue weighted by atomic mass is 32.2. The fourth-order valence-corrected chi connectivity index (χ4v) is 5.30. The van der Waals surface area contributed by atoms with E-state index in [0.717, 1.165) is 16.7 Å². The number of fused-ring (bicyclic) bond motifs is 1. The third kappa shape index (κ3) is 4.73.